The Labute approximate surface area is 82.8 Å². The summed E-state index contributed by atoms with van der Waals surface area (Å²) >= 11 is 0. The summed E-state index contributed by atoms with van der Waals surface area (Å²) in [6.07, 6.45) is 0. The standard InChI is InChI=1S/C14H9/c1-3-7-13-11(5-1)9-10-12-6-2-4-8-14(12)13/h1-9H. The second kappa shape index (κ2) is 2.85. The van der Waals surface area contributed by atoms with Crippen molar-refractivity contribution in [2.75, 3.05) is 0 Å². The van der Waals surface area contributed by atoms with Gasteiger partial charge in [-0.2, -0.15) is 0 Å². The molecule has 0 fully saturated rings. The van der Waals surface area contributed by atoms with Crippen LogP contribution in [-0.4, -0.2) is 0 Å². The molecule has 0 unspecified atom stereocenters. The van der Waals surface area contributed by atoms with Crippen molar-refractivity contribution in [1.82, 2.24) is 0 Å². The number of rotatable bonds is 0. The highest BCUT2D eigenvalue weighted by Crippen LogP contribution is 2.23. The van der Waals surface area contributed by atoms with Crippen molar-refractivity contribution in [3.8, 4) is 0 Å². The molecule has 0 heteroatoms. The minimum atomic E-state index is 1.19. The van der Waals surface area contributed by atoms with Crippen molar-refractivity contribution in [2.24, 2.45) is 0 Å². The molecular weight excluding hydrogens is 168 g/mol. The summed E-state index contributed by atoms with van der Waals surface area (Å²) in [5, 5.41) is 5.03. The highest BCUT2D eigenvalue weighted by Gasteiger charge is 1.97. The lowest BCUT2D eigenvalue weighted by molar-refractivity contribution is 1.76. The fourth-order valence-corrected chi connectivity index (χ4v) is 1.87. The number of hydrogen-bond donors (Lipinski definition) is 0. The normalized spacial score (nSPS) is 10.9. The van der Waals surface area contributed by atoms with Gasteiger partial charge in [0.25, 0.3) is 0 Å². The van der Waals surface area contributed by atoms with Crippen LogP contribution in [0.2, 0.25) is 0 Å². The third-order valence-electron chi connectivity index (χ3n) is 2.56. The van der Waals surface area contributed by atoms with Crippen LogP contribution in [0.4, 0.5) is 0 Å². The van der Waals surface area contributed by atoms with Gasteiger partial charge >= 0.3 is 0 Å². The summed E-state index contributed by atoms with van der Waals surface area (Å²) in [7, 11) is 0. The largest absolute Gasteiger partial charge is 0.0616 e. The fourth-order valence-electron chi connectivity index (χ4n) is 1.87. The smallest absolute Gasteiger partial charge is 0.00926 e. The SMILES string of the molecule is [c]1cc2ccccc2c2ccccc12. The maximum absolute atomic E-state index is 3.29. The van der Waals surface area contributed by atoms with E-state index in [9.17, 15) is 0 Å². The number of benzene rings is 3. The Balaban J connectivity index is 2.61. The van der Waals surface area contributed by atoms with E-state index in [2.05, 4.69) is 54.6 Å². The Bertz CT molecular complexity index is 539. The van der Waals surface area contributed by atoms with Crippen LogP contribution < -0.4 is 0 Å². The van der Waals surface area contributed by atoms with Gasteiger partial charge in [0.2, 0.25) is 0 Å². The minimum absolute atomic E-state index is 1.19. The third-order valence-corrected chi connectivity index (χ3v) is 2.56. The zero-order chi connectivity index (χ0) is 9.38. The molecule has 0 aliphatic heterocycles. The molecule has 0 amide bonds. The molecule has 3 aromatic carbocycles. The van der Waals surface area contributed by atoms with Gasteiger partial charge in [0.1, 0.15) is 0 Å². The molecule has 0 N–H and O–H groups in total. The number of fused-ring (bicyclic) bond motifs is 3. The predicted molar refractivity (Wildman–Crippen MR) is 60.3 cm³/mol. The van der Waals surface area contributed by atoms with E-state index in [4.69, 9.17) is 0 Å². The van der Waals surface area contributed by atoms with Gasteiger partial charge < -0.3 is 0 Å². The van der Waals surface area contributed by atoms with Gasteiger partial charge in [-0.25, -0.2) is 0 Å². The molecule has 0 saturated heterocycles. The predicted octanol–water partition coefficient (Wildman–Crippen LogP) is 3.79. The lowest BCUT2D eigenvalue weighted by Gasteiger charge is -2.01. The van der Waals surface area contributed by atoms with Crippen LogP contribution in [0.1, 0.15) is 0 Å². The summed E-state index contributed by atoms with van der Waals surface area (Å²) in [6, 6.07) is 22.1. The molecule has 65 valence electrons. The summed E-state index contributed by atoms with van der Waals surface area (Å²) in [4.78, 5) is 0. The zero-order valence-corrected chi connectivity index (χ0v) is 7.70. The molecule has 0 bridgehead atoms. The first-order valence-electron chi connectivity index (χ1n) is 4.73. The van der Waals surface area contributed by atoms with Crippen LogP contribution in [0.25, 0.3) is 21.5 Å². The van der Waals surface area contributed by atoms with Crippen LogP contribution in [0, 0.1) is 6.07 Å². The summed E-state index contributed by atoms with van der Waals surface area (Å²) in [5.41, 5.74) is 0. The summed E-state index contributed by atoms with van der Waals surface area (Å²) in [5.74, 6) is 0. The molecule has 0 saturated carbocycles. The molecule has 1 radical (unpaired) electrons. The van der Waals surface area contributed by atoms with E-state index < -0.39 is 0 Å². The van der Waals surface area contributed by atoms with Crippen molar-refractivity contribution in [2.45, 2.75) is 0 Å². The maximum atomic E-state index is 3.29. The van der Waals surface area contributed by atoms with Crippen LogP contribution in [-0.2, 0) is 0 Å². The highest BCUT2D eigenvalue weighted by molar-refractivity contribution is 6.06. The van der Waals surface area contributed by atoms with Gasteiger partial charge in [0, 0.05) is 0 Å². The van der Waals surface area contributed by atoms with Crippen LogP contribution in [0.5, 0.6) is 0 Å². The average molecular weight is 177 g/mol. The van der Waals surface area contributed by atoms with Gasteiger partial charge in [-0.05, 0) is 33.7 Å². The first kappa shape index (κ1) is 7.57. The minimum Gasteiger partial charge on any atom is -0.0616 e. The van der Waals surface area contributed by atoms with Crippen molar-refractivity contribution in [3.63, 3.8) is 0 Å². The van der Waals surface area contributed by atoms with Gasteiger partial charge in [-0.15, -0.1) is 0 Å². The van der Waals surface area contributed by atoms with E-state index >= 15 is 0 Å². The molecule has 14 heavy (non-hydrogen) atoms. The van der Waals surface area contributed by atoms with E-state index in [0.29, 0.717) is 0 Å². The topological polar surface area (TPSA) is 0 Å². The molecule has 0 aliphatic rings. The van der Waals surface area contributed by atoms with E-state index in [1.54, 1.807) is 0 Å². The van der Waals surface area contributed by atoms with Crippen LogP contribution >= 0.6 is 0 Å². The van der Waals surface area contributed by atoms with Gasteiger partial charge in [0.15, 0.2) is 0 Å². The van der Waals surface area contributed by atoms with E-state index in [1.165, 1.54) is 21.5 Å². The highest BCUT2D eigenvalue weighted by atomic mass is 14.0. The second-order valence-electron chi connectivity index (χ2n) is 3.42. The summed E-state index contributed by atoms with van der Waals surface area (Å²) in [6.45, 7) is 0. The molecule has 0 heterocycles. The Morgan fingerprint density at radius 1 is 0.714 bits per heavy atom. The second-order valence-corrected chi connectivity index (χ2v) is 3.42. The van der Waals surface area contributed by atoms with Gasteiger partial charge in [-0.3, -0.25) is 0 Å². The van der Waals surface area contributed by atoms with Crippen molar-refractivity contribution < 1.29 is 0 Å². The first-order chi connectivity index (χ1) is 6.95. The fraction of sp³-hybridized carbons (Fsp3) is 0. The monoisotopic (exact) mass is 177 g/mol. The van der Waals surface area contributed by atoms with Crippen molar-refractivity contribution in [3.05, 3.63) is 60.7 Å². The van der Waals surface area contributed by atoms with Crippen molar-refractivity contribution >= 4 is 21.5 Å². The Kier molecular flexibility index (Phi) is 1.54. The summed E-state index contributed by atoms with van der Waals surface area (Å²) < 4.78 is 0. The third kappa shape index (κ3) is 1.01. The Hall–Kier alpha value is -1.82. The van der Waals surface area contributed by atoms with E-state index in [0.717, 1.165) is 0 Å². The molecule has 3 aromatic rings. The van der Waals surface area contributed by atoms with Crippen molar-refractivity contribution in [1.29, 1.82) is 0 Å². The van der Waals surface area contributed by atoms with E-state index in [1.807, 2.05) is 6.07 Å². The lowest BCUT2D eigenvalue weighted by Crippen LogP contribution is -1.76. The Morgan fingerprint density at radius 3 is 2.36 bits per heavy atom. The molecule has 0 nitrogen and oxygen atoms in total. The zero-order valence-electron chi connectivity index (χ0n) is 7.70. The molecular formula is C14H9. The van der Waals surface area contributed by atoms with Gasteiger partial charge in [-0.1, -0.05) is 48.5 Å². The maximum Gasteiger partial charge on any atom is -0.00926 e. The quantitative estimate of drug-likeness (QED) is 0.458. The molecule has 0 atom stereocenters. The molecule has 0 aromatic heterocycles. The molecule has 3 rings (SSSR count). The first-order valence-corrected chi connectivity index (χ1v) is 4.73. The molecule has 0 spiro atoms. The van der Waals surface area contributed by atoms with Crippen LogP contribution in [0.3, 0.4) is 0 Å². The van der Waals surface area contributed by atoms with Gasteiger partial charge in [0.05, 0.1) is 0 Å². The lowest BCUT2D eigenvalue weighted by atomic mass is 10.0. The molecule has 0 aliphatic carbocycles. The van der Waals surface area contributed by atoms with E-state index in [-0.39, 0.29) is 0 Å². The Morgan fingerprint density at radius 2 is 1.43 bits per heavy atom. The van der Waals surface area contributed by atoms with Crippen LogP contribution in [0.15, 0.2) is 54.6 Å². The average Bonchev–Trinajstić information content (AvgIpc) is 2.29. The number of hydrogen-bond acceptors (Lipinski definition) is 0.